The van der Waals surface area contributed by atoms with Gasteiger partial charge in [-0.3, -0.25) is 4.79 Å². The molecule has 14 heavy (non-hydrogen) atoms. The van der Waals surface area contributed by atoms with Crippen LogP contribution in [0.3, 0.4) is 0 Å². The second-order valence-corrected chi connectivity index (χ2v) is 3.50. The van der Waals surface area contributed by atoms with Crippen molar-refractivity contribution in [1.82, 2.24) is 9.88 Å². The summed E-state index contributed by atoms with van der Waals surface area (Å²) < 4.78 is 0. The molecule has 0 saturated heterocycles. The summed E-state index contributed by atoms with van der Waals surface area (Å²) in [7, 11) is 6.00. The lowest BCUT2D eigenvalue weighted by molar-refractivity contribution is 0.111. The van der Waals surface area contributed by atoms with Crippen molar-refractivity contribution in [1.29, 1.82) is 0 Å². The summed E-state index contributed by atoms with van der Waals surface area (Å²) in [6.45, 7) is 0. The van der Waals surface area contributed by atoms with E-state index in [0.717, 1.165) is 0 Å². The molecule has 1 aromatic rings. The van der Waals surface area contributed by atoms with Crippen molar-refractivity contribution in [2.75, 3.05) is 26.9 Å². The zero-order valence-corrected chi connectivity index (χ0v) is 9.25. The predicted octanol–water partition coefficient (Wildman–Crippen LogP) is 1.31. The van der Waals surface area contributed by atoms with Gasteiger partial charge < -0.3 is 10.6 Å². The zero-order valence-electron chi connectivity index (χ0n) is 8.49. The van der Waals surface area contributed by atoms with Crippen molar-refractivity contribution in [3.05, 3.63) is 23.0 Å². The average Bonchev–Trinajstić information content (AvgIpc) is 2.03. The first-order chi connectivity index (χ1) is 6.47. The van der Waals surface area contributed by atoms with E-state index in [4.69, 9.17) is 17.3 Å². The molecule has 0 aromatic carbocycles. The molecular weight excluding hydrogens is 202 g/mol. The standard InChI is InChI=1S/C6H5ClN2O.C3H9N/c7-5-1-4(8)2-9-6(5)3-10;1-4(2)3/h1-3H,8H2;1-3H3. The Morgan fingerprint density at radius 1 is 1.50 bits per heavy atom. The highest BCUT2D eigenvalue weighted by Crippen LogP contribution is 2.13. The van der Waals surface area contributed by atoms with Crippen LogP contribution in [0, 0.1) is 0 Å². The Labute approximate surface area is 88.7 Å². The van der Waals surface area contributed by atoms with Crippen molar-refractivity contribution >= 4 is 23.6 Å². The third-order valence-electron chi connectivity index (χ3n) is 1.00. The van der Waals surface area contributed by atoms with Crippen LogP contribution in [0.4, 0.5) is 5.69 Å². The summed E-state index contributed by atoms with van der Waals surface area (Å²) in [4.78, 5) is 15.8. The molecule has 0 radical (unpaired) electrons. The van der Waals surface area contributed by atoms with E-state index in [0.29, 0.717) is 12.0 Å². The topological polar surface area (TPSA) is 59.2 Å². The maximum Gasteiger partial charge on any atom is 0.169 e. The molecule has 0 saturated carbocycles. The monoisotopic (exact) mass is 215 g/mol. The molecule has 0 amide bonds. The first-order valence-electron chi connectivity index (χ1n) is 3.94. The minimum atomic E-state index is 0.218. The highest BCUT2D eigenvalue weighted by molar-refractivity contribution is 6.32. The summed E-state index contributed by atoms with van der Waals surface area (Å²) in [6.07, 6.45) is 1.97. The number of rotatable bonds is 1. The number of nitrogen functional groups attached to an aromatic ring is 1. The maximum absolute atomic E-state index is 10.2. The van der Waals surface area contributed by atoms with Gasteiger partial charge in [0.05, 0.1) is 16.9 Å². The minimum Gasteiger partial charge on any atom is -0.397 e. The van der Waals surface area contributed by atoms with E-state index in [9.17, 15) is 4.79 Å². The van der Waals surface area contributed by atoms with Gasteiger partial charge in [0.2, 0.25) is 0 Å². The zero-order chi connectivity index (χ0) is 11.1. The Kier molecular flexibility index (Phi) is 5.83. The fraction of sp³-hybridized carbons (Fsp3) is 0.333. The van der Waals surface area contributed by atoms with Crippen molar-refractivity contribution in [2.24, 2.45) is 0 Å². The van der Waals surface area contributed by atoms with E-state index in [-0.39, 0.29) is 10.7 Å². The largest absolute Gasteiger partial charge is 0.397 e. The fourth-order valence-corrected chi connectivity index (χ4v) is 0.769. The Morgan fingerprint density at radius 2 is 2.00 bits per heavy atom. The highest BCUT2D eigenvalue weighted by Gasteiger charge is 1.98. The molecule has 5 heteroatoms. The molecule has 1 aromatic heterocycles. The Hall–Kier alpha value is -1.13. The van der Waals surface area contributed by atoms with Gasteiger partial charge in [0.25, 0.3) is 0 Å². The Balaban J connectivity index is 0.000000364. The van der Waals surface area contributed by atoms with E-state index >= 15 is 0 Å². The van der Waals surface area contributed by atoms with E-state index in [1.54, 1.807) is 0 Å². The molecule has 0 spiro atoms. The van der Waals surface area contributed by atoms with Gasteiger partial charge in [0, 0.05) is 0 Å². The van der Waals surface area contributed by atoms with Crippen LogP contribution >= 0.6 is 11.6 Å². The fourth-order valence-electron chi connectivity index (χ4n) is 0.550. The van der Waals surface area contributed by atoms with E-state index in [1.165, 1.54) is 12.3 Å². The number of nitrogens with two attached hydrogens (primary N) is 1. The second kappa shape index (κ2) is 6.34. The van der Waals surface area contributed by atoms with Crippen LogP contribution in [0.5, 0.6) is 0 Å². The maximum atomic E-state index is 10.2. The molecule has 1 heterocycles. The second-order valence-electron chi connectivity index (χ2n) is 3.10. The Morgan fingerprint density at radius 3 is 2.36 bits per heavy atom. The normalized spacial score (nSPS) is 9.21. The number of nitrogens with zero attached hydrogens (tertiary/aromatic N) is 2. The average molecular weight is 216 g/mol. The molecule has 0 bridgehead atoms. The summed E-state index contributed by atoms with van der Waals surface area (Å²) >= 11 is 5.56. The summed E-state index contributed by atoms with van der Waals surface area (Å²) in [5, 5.41) is 0.287. The third kappa shape index (κ3) is 5.50. The number of pyridine rings is 1. The van der Waals surface area contributed by atoms with Gasteiger partial charge in [-0.05, 0) is 27.2 Å². The van der Waals surface area contributed by atoms with Crippen LogP contribution in [0.25, 0.3) is 0 Å². The van der Waals surface area contributed by atoms with Crippen LogP contribution in [-0.4, -0.2) is 37.3 Å². The van der Waals surface area contributed by atoms with Gasteiger partial charge >= 0.3 is 0 Å². The van der Waals surface area contributed by atoms with Crippen molar-refractivity contribution in [3.63, 3.8) is 0 Å². The van der Waals surface area contributed by atoms with Crippen LogP contribution in [0.1, 0.15) is 10.5 Å². The lowest BCUT2D eigenvalue weighted by Crippen LogP contribution is -1.99. The third-order valence-corrected chi connectivity index (χ3v) is 1.31. The first kappa shape index (κ1) is 12.9. The van der Waals surface area contributed by atoms with Crippen molar-refractivity contribution in [2.45, 2.75) is 0 Å². The van der Waals surface area contributed by atoms with E-state index in [1.807, 2.05) is 26.0 Å². The quantitative estimate of drug-likeness (QED) is 0.718. The first-order valence-corrected chi connectivity index (χ1v) is 4.32. The summed E-state index contributed by atoms with van der Waals surface area (Å²) in [5.74, 6) is 0. The summed E-state index contributed by atoms with van der Waals surface area (Å²) in [6, 6.07) is 1.48. The predicted molar refractivity (Wildman–Crippen MR) is 58.7 cm³/mol. The SMILES string of the molecule is CN(C)C.Nc1cnc(C=O)c(Cl)c1. The van der Waals surface area contributed by atoms with Crippen molar-refractivity contribution in [3.8, 4) is 0 Å². The van der Waals surface area contributed by atoms with Gasteiger partial charge in [0.1, 0.15) is 5.69 Å². The molecule has 0 unspecified atom stereocenters. The summed E-state index contributed by atoms with van der Waals surface area (Å²) in [5.41, 5.74) is 5.99. The lowest BCUT2D eigenvalue weighted by Gasteiger charge is -1.94. The van der Waals surface area contributed by atoms with Gasteiger partial charge in [0.15, 0.2) is 6.29 Å². The number of carbonyl (C=O) groups is 1. The van der Waals surface area contributed by atoms with Gasteiger partial charge in [-0.2, -0.15) is 0 Å². The Bertz CT molecular complexity index is 299. The highest BCUT2D eigenvalue weighted by atomic mass is 35.5. The molecule has 0 aliphatic rings. The molecule has 0 aliphatic heterocycles. The van der Waals surface area contributed by atoms with E-state index < -0.39 is 0 Å². The van der Waals surface area contributed by atoms with E-state index in [2.05, 4.69) is 4.98 Å². The molecular formula is C9H14ClN3O. The number of carbonyl (C=O) groups excluding carboxylic acids is 1. The minimum absolute atomic E-state index is 0.218. The van der Waals surface area contributed by atoms with Gasteiger partial charge in [-0.15, -0.1) is 0 Å². The van der Waals surface area contributed by atoms with Crippen molar-refractivity contribution < 1.29 is 4.79 Å². The number of anilines is 1. The number of aromatic nitrogens is 1. The van der Waals surface area contributed by atoms with Crippen LogP contribution in [-0.2, 0) is 0 Å². The number of aldehydes is 1. The molecule has 78 valence electrons. The molecule has 2 N–H and O–H groups in total. The number of hydrogen-bond acceptors (Lipinski definition) is 4. The number of hydrogen-bond donors (Lipinski definition) is 1. The molecule has 0 fully saturated rings. The van der Waals surface area contributed by atoms with Crippen LogP contribution in [0.2, 0.25) is 5.02 Å². The molecule has 0 atom stereocenters. The van der Waals surface area contributed by atoms with Gasteiger partial charge in [-0.1, -0.05) is 11.6 Å². The number of halogens is 1. The van der Waals surface area contributed by atoms with Gasteiger partial charge in [-0.25, -0.2) is 4.98 Å². The molecule has 1 rings (SSSR count). The van der Waals surface area contributed by atoms with Crippen LogP contribution in [0.15, 0.2) is 12.3 Å². The smallest absolute Gasteiger partial charge is 0.169 e. The molecule has 0 aliphatic carbocycles. The lowest BCUT2D eigenvalue weighted by atomic mass is 10.3. The molecule has 4 nitrogen and oxygen atoms in total. The van der Waals surface area contributed by atoms with Crippen LogP contribution < -0.4 is 5.73 Å².